The maximum atomic E-state index is 9.51. The highest BCUT2D eigenvalue weighted by molar-refractivity contribution is 5.29. The highest BCUT2D eigenvalue weighted by Crippen LogP contribution is 2.23. The number of aliphatic hydroxyl groups excluding tert-OH is 1. The molecule has 4 nitrogen and oxygen atoms in total. The van der Waals surface area contributed by atoms with Gasteiger partial charge < -0.3 is 15.2 Å². The maximum absolute atomic E-state index is 9.51. The Kier molecular flexibility index (Phi) is 6.67. The number of hydrogen-bond acceptors (Lipinski definition) is 4. The lowest BCUT2D eigenvalue weighted by molar-refractivity contribution is 0.190. The van der Waals surface area contributed by atoms with Gasteiger partial charge in [-0.3, -0.25) is 0 Å². The number of nitrogens with one attached hydrogen (secondary N) is 1. The van der Waals surface area contributed by atoms with Crippen LogP contribution in [0.3, 0.4) is 0 Å². The van der Waals surface area contributed by atoms with Crippen molar-refractivity contribution in [2.24, 2.45) is 5.41 Å². The topological polar surface area (TPSA) is 65.3 Å². The molecule has 1 rings (SSSR count). The van der Waals surface area contributed by atoms with E-state index in [9.17, 15) is 5.11 Å². The fourth-order valence-electron chi connectivity index (χ4n) is 2.33. The summed E-state index contributed by atoms with van der Waals surface area (Å²) in [6.07, 6.45) is 0.914. The number of hydrogen-bond donors (Lipinski definition) is 2. The van der Waals surface area contributed by atoms with Gasteiger partial charge in [0.2, 0.25) is 0 Å². The van der Waals surface area contributed by atoms with Crippen LogP contribution in [0.5, 0.6) is 5.75 Å². The van der Waals surface area contributed by atoms with E-state index in [1.54, 1.807) is 0 Å². The zero-order valence-corrected chi connectivity index (χ0v) is 13.4. The van der Waals surface area contributed by atoms with Crippen molar-refractivity contribution in [2.45, 2.75) is 46.2 Å². The van der Waals surface area contributed by atoms with Gasteiger partial charge in [-0.15, -0.1) is 0 Å². The number of ether oxygens (including phenoxy) is 1. The van der Waals surface area contributed by atoms with Crippen LogP contribution in [0.1, 0.15) is 45.7 Å². The standard InChI is InChI=1S/C17H26N2O2/c1-13(19-15(12-20)11-17(2,3)4)14-5-7-16(8-6-14)21-10-9-18/h5-8,13,15,19-20H,10-12H2,1-4H3. The average molecular weight is 290 g/mol. The predicted octanol–water partition coefficient (Wildman–Crippen LogP) is 3.04. The normalized spacial score (nSPS) is 14.3. The molecule has 2 N–H and O–H groups in total. The number of benzene rings is 1. The molecule has 0 aromatic heterocycles. The molecule has 0 spiro atoms. The van der Waals surface area contributed by atoms with Gasteiger partial charge in [0.25, 0.3) is 0 Å². The smallest absolute Gasteiger partial charge is 0.174 e. The molecule has 21 heavy (non-hydrogen) atoms. The molecule has 2 atom stereocenters. The summed E-state index contributed by atoms with van der Waals surface area (Å²) in [6, 6.07) is 9.86. The molecule has 0 saturated heterocycles. The maximum Gasteiger partial charge on any atom is 0.174 e. The van der Waals surface area contributed by atoms with Crippen molar-refractivity contribution in [3.8, 4) is 11.8 Å². The highest BCUT2D eigenvalue weighted by Gasteiger charge is 2.20. The van der Waals surface area contributed by atoms with Crippen LogP contribution >= 0.6 is 0 Å². The second-order valence-corrected chi connectivity index (χ2v) is 6.55. The number of nitriles is 1. The van der Waals surface area contributed by atoms with E-state index in [0.29, 0.717) is 5.75 Å². The minimum Gasteiger partial charge on any atom is -0.479 e. The lowest BCUT2D eigenvalue weighted by Gasteiger charge is -2.28. The Morgan fingerprint density at radius 1 is 1.29 bits per heavy atom. The Hall–Kier alpha value is -1.57. The quantitative estimate of drug-likeness (QED) is 0.810. The van der Waals surface area contributed by atoms with Crippen molar-refractivity contribution in [2.75, 3.05) is 13.2 Å². The van der Waals surface area contributed by atoms with Gasteiger partial charge >= 0.3 is 0 Å². The molecule has 1 aromatic carbocycles. The molecule has 0 saturated carbocycles. The van der Waals surface area contributed by atoms with Crippen molar-refractivity contribution < 1.29 is 9.84 Å². The van der Waals surface area contributed by atoms with Crippen molar-refractivity contribution in [1.82, 2.24) is 5.32 Å². The van der Waals surface area contributed by atoms with Crippen LogP contribution in [0.4, 0.5) is 0 Å². The summed E-state index contributed by atoms with van der Waals surface area (Å²) in [5.41, 5.74) is 1.31. The summed E-state index contributed by atoms with van der Waals surface area (Å²) in [5, 5.41) is 21.5. The third-order valence-corrected chi connectivity index (χ3v) is 3.25. The fraction of sp³-hybridized carbons (Fsp3) is 0.588. The van der Waals surface area contributed by atoms with E-state index < -0.39 is 0 Å². The van der Waals surface area contributed by atoms with Gasteiger partial charge in [0.05, 0.1) is 6.61 Å². The summed E-state index contributed by atoms with van der Waals surface area (Å²) in [7, 11) is 0. The van der Waals surface area contributed by atoms with E-state index >= 15 is 0 Å². The zero-order valence-electron chi connectivity index (χ0n) is 13.4. The molecule has 116 valence electrons. The first kappa shape index (κ1) is 17.5. The predicted molar refractivity (Wildman–Crippen MR) is 84.0 cm³/mol. The molecular formula is C17H26N2O2. The third kappa shape index (κ3) is 6.61. The molecule has 1 aromatic rings. The lowest BCUT2D eigenvalue weighted by Crippen LogP contribution is -2.37. The number of rotatable bonds is 7. The van der Waals surface area contributed by atoms with E-state index in [4.69, 9.17) is 10.00 Å². The summed E-state index contributed by atoms with van der Waals surface area (Å²) < 4.78 is 5.24. The van der Waals surface area contributed by atoms with Crippen LogP contribution in [0.2, 0.25) is 0 Å². The average Bonchev–Trinajstić information content (AvgIpc) is 2.43. The van der Waals surface area contributed by atoms with E-state index in [2.05, 4.69) is 33.0 Å². The van der Waals surface area contributed by atoms with Crippen LogP contribution in [-0.4, -0.2) is 24.4 Å². The Morgan fingerprint density at radius 2 is 1.90 bits per heavy atom. The number of aliphatic hydroxyl groups is 1. The van der Waals surface area contributed by atoms with Crippen LogP contribution in [0.25, 0.3) is 0 Å². The second kappa shape index (κ2) is 8.02. The molecule has 0 aliphatic rings. The lowest BCUT2D eigenvalue weighted by atomic mass is 9.88. The van der Waals surface area contributed by atoms with Gasteiger partial charge in [-0.1, -0.05) is 32.9 Å². The van der Waals surface area contributed by atoms with Crippen LogP contribution < -0.4 is 10.1 Å². The summed E-state index contributed by atoms with van der Waals surface area (Å²) in [5.74, 6) is 0.695. The zero-order chi connectivity index (χ0) is 15.9. The first-order valence-electron chi connectivity index (χ1n) is 7.32. The van der Waals surface area contributed by atoms with E-state index in [1.165, 1.54) is 0 Å². The third-order valence-electron chi connectivity index (χ3n) is 3.25. The molecule has 0 bridgehead atoms. The van der Waals surface area contributed by atoms with Crippen molar-refractivity contribution in [3.05, 3.63) is 29.8 Å². The molecule has 0 aliphatic carbocycles. The Labute approximate surface area is 127 Å². The minimum absolute atomic E-state index is 0.0608. The molecular weight excluding hydrogens is 264 g/mol. The van der Waals surface area contributed by atoms with Gasteiger partial charge in [-0.2, -0.15) is 5.26 Å². The van der Waals surface area contributed by atoms with Gasteiger partial charge in [0.15, 0.2) is 6.61 Å². The van der Waals surface area contributed by atoms with Crippen LogP contribution in [0.15, 0.2) is 24.3 Å². The van der Waals surface area contributed by atoms with Gasteiger partial charge in [-0.25, -0.2) is 0 Å². The molecule has 0 fully saturated rings. The van der Waals surface area contributed by atoms with Crippen molar-refractivity contribution in [1.29, 1.82) is 5.26 Å². The van der Waals surface area contributed by atoms with Gasteiger partial charge in [0.1, 0.15) is 11.8 Å². The highest BCUT2D eigenvalue weighted by atomic mass is 16.5. The minimum atomic E-state index is 0.0608. The van der Waals surface area contributed by atoms with Gasteiger partial charge in [-0.05, 0) is 36.5 Å². The van der Waals surface area contributed by atoms with Crippen molar-refractivity contribution in [3.63, 3.8) is 0 Å². The van der Waals surface area contributed by atoms with Crippen LogP contribution in [0, 0.1) is 16.7 Å². The molecule has 0 heterocycles. The fourth-order valence-corrected chi connectivity index (χ4v) is 2.33. The van der Waals surface area contributed by atoms with E-state index in [-0.39, 0.29) is 30.7 Å². The van der Waals surface area contributed by atoms with Gasteiger partial charge in [0, 0.05) is 12.1 Å². The van der Waals surface area contributed by atoms with E-state index in [0.717, 1.165) is 12.0 Å². The summed E-state index contributed by atoms with van der Waals surface area (Å²) >= 11 is 0. The van der Waals surface area contributed by atoms with Crippen LogP contribution in [-0.2, 0) is 0 Å². The SMILES string of the molecule is CC(NC(CO)CC(C)(C)C)c1ccc(OCC#N)cc1. The van der Waals surface area contributed by atoms with E-state index in [1.807, 2.05) is 30.3 Å². The molecule has 0 radical (unpaired) electrons. The number of nitrogens with zero attached hydrogens (tertiary/aromatic N) is 1. The molecule has 0 aliphatic heterocycles. The second-order valence-electron chi connectivity index (χ2n) is 6.55. The molecule has 2 unspecified atom stereocenters. The Balaban J connectivity index is 2.61. The summed E-state index contributed by atoms with van der Waals surface area (Å²) in [4.78, 5) is 0. The van der Waals surface area contributed by atoms with Crippen molar-refractivity contribution >= 4 is 0 Å². The first-order valence-corrected chi connectivity index (χ1v) is 7.32. The molecule has 4 heteroatoms. The Morgan fingerprint density at radius 3 is 2.38 bits per heavy atom. The first-order chi connectivity index (χ1) is 9.85. The monoisotopic (exact) mass is 290 g/mol. The Bertz CT molecular complexity index is 457. The molecule has 0 amide bonds. The summed E-state index contributed by atoms with van der Waals surface area (Å²) in [6.45, 7) is 8.78. The largest absolute Gasteiger partial charge is 0.479 e.